The summed E-state index contributed by atoms with van der Waals surface area (Å²) in [5.41, 5.74) is 0. The zero-order valence-electron chi connectivity index (χ0n) is 31.6. The first-order chi connectivity index (χ1) is 23.8. The van der Waals surface area contributed by atoms with E-state index in [0.717, 1.165) is 70.6 Å². The molecule has 0 radical (unpaired) electrons. The van der Waals surface area contributed by atoms with E-state index in [1.165, 1.54) is 70.6 Å². The van der Waals surface area contributed by atoms with Gasteiger partial charge in [0, 0.05) is 12.8 Å². The minimum Gasteiger partial charge on any atom is -0.462 e. The Kier molecular flexibility index (Phi) is 34.8. The fraction of sp³-hybridized carbons (Fsp3) is 0.800. The number of unbranched alkanes of at least 4 members (excludes halogenated alkanes) is 18. The van der Waals surface area contributed by atoms with Crippen molar-refractivity contribution in [2.24, 2.45) is 0 Å². The summed E-state index contributed by atoms with van der Waals surface area (Å²) in [4.78, 5) is 34.6. The number of esters is 2. The molecule has 0 bridgehead atoms. The van der Waals surface area contributed by atoms with Crippen molar-refractivity contribution < 1.29 is 37.6 Å². The van der Waals surface area contributed by atoms with Crippen LogP contribution in [-0.2, 0) is 32.7 Å². The Labute approximate surface area is 300 Å². The Morgan fingerprint density at radius 3 is 1.47 bits per heavy atom. The van der Waals surface area contributed by atoms with Crippen LogP contribution in [0.1, 0.15) is 181 Å². The molecule has 286 valence electrons. The molecule has 49 heavy (non-hydrogen) atoms. The summed E-state index contributed by atoms with van der Waals surface area (Å²) in [5.74, 6) is -0.818. The lowest BCUT2D eigenvalue weighted by Gasteiger charge is -2.19. The van der Waals surface area contributed by atoms with E-state index in [-0.39, 0.29) is 32.0 Å². The second-order valence-electron chi connectivity index (χ2n) is 12.9. The first-order valence-corrected chi connectivity index (χ1v) is 21.3. The molecule has 0 saturated heterocycles. The van der Waals surface area contributed by atoms with Gasteiger partial charge in [-0.05, 0) is 77.6 Å². The minimum absolute atomic E-state index is 0.00284. The minimum atomic E-state index is -4.28. The molecule has 2 atom stereocenters. The average molecular weight is 713 g/mol. The summed E-state index contributed by atoms with van der Waals surface area (Å²) in [6.07, 6.45) is 39.0. The quantitative estimate of drug-likeness (QED) is 0.0296. The largest absolute Gasteiger partial charge is 0.472 e. The van der Waals surface area contributed by atoms with Crippen LogP contribution < -0.4 is 0 Å². The lowest BCUT2D eigenvalue weighted by Crippen LogP contribution is -2.29. The molecular weight excluding hydrogens is 639 g/mol. The molecular formula is C40H73O8P. The number of carbonyl (C=O) groups is 2. The zero-order valence-corrected chi connectivity index (χ0v) is 32.5. The molecule has 0 saturated carbocycles. The van der Waals surface area contributed by atoms with Crippen LogP contribution in [0, 0.1) is 0 Å². The molecule has 0 fully saturated rings. The van der Waals surface area contributed by atoms with Crippen molar-refractivity contribution in [1.29, 1.82) is 0 Å². The average Bonchev–Trinajstić information content (AvgIpc) is 3.07. The number of hydrogen-bond acceptors (Lipinski definition) is 7. The van der Waals surface area contributed by atoms with Crippen molar-refractivity contribution in [1.82, 2.24) is 0 Å². The van der Waals surface area contributed by atoms with E-state index in [0.29, 0.717) is 6.42 Å². The van der Waals surface area contributed by atoms with Gasteiger partial charge in [-0.1, -0.05) is 127 Å². The van der Waals surface area contributed by atoms with Gasteiger partial charge in [0.05, 0.1) is 13.2 Å². The van der Waals surface area contributed by atoms with Crippen molar-refractivity contribution in [2.75, 3.05) is 19.8 Å². The van der Waals surface area contributed by atoms with Crippen molar-refractivity contribution in [3.05, 3.63) is 36.5 Å². The van der Waals surface area contributed by atoms with Crippen molar-refractivity contribution in [3.63, 3.8) is 0 Å². The van der Waals surface area contributed by atoms with Crippen LogP contribution in [0.15, 0.2) is 36.5 Å². The van der Waals surface area contributed by atoms with Crippen molar-refractivity contribution in [3.8, 4) is 0 Å². The van der Waals surface area contributed by atoms with Gasteiger partial charge in [-0.3, -0.25) is 18.6 Å². The second kappa shape index (κ2) is 36.1. The third-order valence-corrected chi connectivity index (χ3v) is 9.23. The zero-order chi connectivity index (χ0) is 36.1. The predicted molar refractivity (Wildman–Crippen MR) is 202 cm³/mol. The molecule has 0 heterocycles. The van der Waals surface area contributed by atoms with E-state index in [9.17, 15) is 19.0 Å². The third-order valence-electron chi connectivity index (χ3n) is 8.17. The van der Waals surface area contributed by atoms with Crippen LogP contribution in [0.5, 0.6) is 0 Å². The number of allylic oxidation sites excluding steroid dienone is 6. The molecule has 0 rings (SSSR count). The smallest absolute Gasteiger partial charge is 0.462 e. The fourth-order valence-corrected chi connectivity index (χ4v) is 6.00. The maximum atomic E-state index is 12.5. The van der Waals surface area contributed by atoms with Gasteiger partial charge in [-0.25, -0.2) is 4.57 Å². The predicted octanol–water partition coefficient (Wildman–Crippen LogP) is 12.1. The van der Waals surface area contributed by atoms with Gasteiger partial charge in [0.25, 0.3) is 0 Å². The normalized spacial score (nSPS) is 13.8. The van der Waals surface area contributed by atoms with Crippen molar-refractivity contribution >= 4 is 19.8 Å². The topological polar surface area (TPSA) is 108 Å². The van der Waals surface area contributed by atoms with Gasteiger partial charge in [0.2, 0.25) is 0 Å². The van der Waals surface area contributed by atoms with Gasteiger partial charge in [0.15, 0.2) is 6.10 Å². The van der Waals surface area contributed by atoms with Crippen LogP contribution in [0.4, 0.5) is 0 Å². The standard InChI is InChI=1S/C40H73O8P/c1-4-7-9-11-13-15-17-19-20-21-22-23-25-27-29-31-33-35-40(42)48-38(37-47-49(43,44)46-6-3)36-45-39(41)34-32-30-28-26-24-18-16-14-12-10-8-5-2/h13-16,19-20,38H,4-12,17-18,21-37H2,1-3H3,(H,43,44)/b15-13-,16-14-,20-19-. The van der Waals surface area contributed by atoms with E-state index >= 15 is 0 Å². The first-order valence-electron chi connectivity index (χ1n) is 19.8. The summed E-state index contributed by atoms with van der Waals surface area (Å²) >= 11 is 0. The lowest BCUT2D eigenvalue weighted by molar-refractivity contribution is -0.161. The highest BCUT2D eigenvalue weighted by Crippen LogP contribution is 2.43. The van der Waals surface area contributed by atoms with Crippen LogP contribution >= 0.6 is 7.82 Å². The Morgan fingerprint density at radius 1 is 0.551 bits per heavy atom. The maximum absolute atomic E-state index is 12.5. The van der Waals surface area contributed by atoms with Gasteiger partial charge in [-0.2, -0.15) is 0 Å². The third kappa shape index (κ3) is 35.9. The fourth-order valence-electron chi connectivity index (χ4n) is 5.24. The van der Waals surface area contributed by atoms with Gasteiger partial charge < -0.3 is 14.4 Å². The van der Waals surface area contributed by atoms with Gasteiger partial charge in [-0.15, -0.1) is 0 Å². The molecule has 0 amide bonds. The second-order valence-corrected chi connectivity index (χ2v) is 14.4. The summed E-state index contributed by atoms with van der Waals surface area (Å²) in [6, 6.07) is 0. The molecule has 9 heteroatoms. The van der Waals surface area contributed by atoms with Crippen LogP contribution in [0.2, 0.25) is 0 Å². The van der Waals surface area contributed by atoms with Crippen LogP contribution in [0.3, 0.4) is 0 Å². The van der Waals surface area contributed by atoms with Gasteiger partial charge >= 0.3 is 19.8 Å². The summed E-state index contributed by atoms with van der Waals surface area (Å²) < 4.78 is 32.5. The summed E-state index contributed by atoms with van der Waals surface area (Å²) in [6.45, 7) is 5.39. The maximum Gasteiger partial charge on any atom is 0.472 e. The highest BCUT2D eigenvalue weighted by atomic mass is 31.2. The molecule has 2 unspecified atom stereocenters. The molecule has 0 aliphatic heterocycles. The molecule has 0 aliphatic rings. The molecule has 0 aromatic rings. The number of hydrogen-bond donors (Lipinski definition) is 1. The lowest BCUT2D eigenvalue weighted by atomic mass is 10.1. The van der Waals surface area contributed by atoms with Crippen molar-refractivity contribution in [2.45, 2.75) is 187 Å². The summed E-state index contributed by atoms with van der Waals surface area (Å²) in [5, 5.41) is 0. The Morgan fingerprint density at radius 2 is 0.980 bits per heavy atom. The Bertz CT molecular complexity index is 901. The van der Waals surface area contributed by atoms with E-state index < -0.39 is 26.5 Å². The van der Waals surface area contributed by atoms with Crippen LogP contribution in [0.25, 0.3) is 0 Å². The van der Waals surface area contributed by atoms with E-state index in [2.05, 4.69) is 50.3 Å². The number of ether oxygens (including phenoxy) is 2. The van der Waals surface area contributed by atoms with Crippen LogP contribution in [-0.4, -0.2) is 42.8 Å². The Hall–Kier alpha value is -1.73. The molecule has 0 spiro atoms. The van der Waals surface area contributed by atoms with E-state index in [1.54, 1.807) is 6.92 Å². The number of rotatable bonds is 36. The number of phosphoric acid groups is 1. The molecule has 1 N–H and O–H groups in total. The molecule has 0 aromatic carbocycles. The van der Waals surface area contributed by atoms with E-state index in [1.807, 2.05) is 0 Å². The SMILES string of the molecule is CCCCC/C=C\C/C=C\CCCCCCCCCC(=O)OC(COC(=O)CCCCCCC/C=C\CCCCC)COP(=O)(O)OCC. The monoisotopic (exact) mass is 713 g/mol. The molecule has 0 aromatic heterocycles. The first kappa shape index (κ1) is 47.3. The highest BCUT2D eigenvalue weighted by Gasteiger charge is 2.25. The molecule has 8 nitrogen and oxygen atoms in total. The van der Waals surface area contributed by atoms with Gasteiger partial charge in [0.1, 0.15) is 6.61 Å². The highest BCUT2D eigenvalue weighted by molar-refractivity contribution is 7.47. The number of carbonyl (C=O) groups excluding carboxylic acids is 2. The Balaban J connectivity index is 4.15. The molecule has 0 aliphatic carbocycles. The number of phosphoric ester groups is 1. The summed E-state index contributed by atoms with van der Waals surface area (Å²) in [7, 11) is -4.28. The van der Waals surface area contributed by atoms with E-state index in [4.69, 9.17) is 18.5 Å².